The lowest BCUT2D eigenvalue weighted by molar-refractivity contribution is -0.176. The van der Waals surface area contributed by atoms with Crippen LogP contribution in [0.2, 0.25) is 0 Å². The lowest BCUT2D eigenvalue weighted by Crippen LogP contribution is -2.68. The lowest BCUT2D eigenvalue weighted by atomic mass is 9.51. The average molecular weight is 303 g/mol. The van der Waals surface area contributed by atoms with Crippen molar-refractivity contribution >= 4 is 5.91 Å². The number of carbonyl (C=O) groups excluding carboxylic acids is 1. The monoisotopic (exact) mass is 303 g/mol. The van der Waals surface area contributed by atoms with E-state index < -0.39 is 0 Å². The Morgan fingerprint density at radius 3 is 2.77 bits per heavy atom. The molecule has 4 heteroatoms. The van der Waals surface area contributed by atoms with Gasteiger partial charge in [0, 0.05) is 18.1 Å². The summed E-state index contributed by atoms with van der Waals surface area (Å²) in [4.78, 5) is 12.1. The third-order valence-corrected chi connectivity index (χ3v) is 5.22. The van der Waals surface area contributed by atoms with Gasteiger partial charge in [0.25, 0.3) is 5.91 Å². The number of aryl methyl sites for hydroxylation is 1. The normalized spacial score (nSPS) is 25.2. The first-order valence-electron chi connectivity index (χ1n) is 8.25. The summed E-state index contributed by atoms with van der Waals surface area (Å²) in [6.45, 7) is 4.85. The van der Waals surface area contributed by atoms with Crippen LogP contribution in [0.15, 0.2) is 24.3 Å². The van der Waals surface area contributed by atoms with Crippen molar-refractivity contribution in [2.45, 2.75) is 51.7 Å². The van der Waals surface area contributed by atoms with E-state index >= 15 is 0 Å². The summed E-state index contributed by atoms with van der Waals surface area (Å²) in [6.07, 6.45) is 4.84. The number of para-hydroxylation sites is 1. The van der Waals surface area contributed by atoms with Gasteiger partial charge >= 0.3 is 0 Å². The Morgan fingerprint density at radius 2 is 2.14 bits per heavy atom. The van der Waals surface area contributed by atoms with Crippen LogP contribution in [0.25, 0.3) is 0 Å². The maximum Gasteiger partial charge on any atom is 0.258 e. The van der Waals surface area contributed by atoms with E-state index in [2.05, 4.69) is 5.32 Å². The van der Waals surface area contributed by atoms with Crippen LogP contribution in [0, 0.1) is 12.3 Å². The van der Waals surface area contributed by atoms with Crippen molar-refractivity contribution in [2.75, 3.05) is 13.2 Å². The molecule has 1 amide bonds. The fraction of sp³-hybridized carbons (Fsp3) is 0.611. The lowest BCUT2D eigenvalue weighted by Gasteiger charge is -2.60. The molecule has 0 heterocycles. The van der Waals surface area contributed by atoms with Gasteiger partial charge in [0.15, 0.2) is 6.61 Å². The van der Waals surface area contributed by atoms with Crippen LogP contribution in [-0.2, 0) is 9.53 Å². The first kappa shape index (κ1) is 15.3. The molecule has 0 aromatic heterocycles. The van der Waals surface area contributed by atoms with Gasteiger partial charge in [-0.2, -0.15) is 0 Å². The van der Waals surface area contributed by atoms with Gasteiger partial charge in [-0.25, -0.2) is 0 Å². The van der Waals surface area contributed by atoms with Crippen molar-refractivity contribution in [3.8, 4) is 5.75 Å². The van der Waals surface area contributed by atoms with E-state index in [0.29, 0.717) is 6.10 Å². The van der Waals surface area contributed by atoms with E-state index in [4.69, 9.17) is 9.47 Å². The topological polar surface area (TPSA) is 47.6 Å². The molecule has 120 valence electrons. The molecule has 1 N–H and O–H groups in total. The molecule has 3 rings (SSSR count). The highest BCUT2D eigenvalue weighted by Gasteiger charge is 2.59. The van der Waals surface area contributed by atoms with Crippen LogP contribution in [0.4, 0.5) is 0 Å². The first-order valence-corrected chi connectivity index (χ1v) is 8.25. The Labute approximate surface area is 132 Å². The summed E-state index contributed by atoms with van der Waals surface area (Å²) in [5, 5.41) is 3.14. The summed E-state index contributed by atoms with van der Waals surface area (Å²) in [7, 11) is 0. The zero-order valence-electron chi connectivity index (χ0n) is 13.4. The van der Waals surface area contributed by atoms with E-state index in [-0.39, 0.29) is 24.0 Å². The summed E-state index contributed by atoms with van der Waals surface area (Å²) in [5.41, 5.74) is 1.25. The highest BCUT2D eigenvalue weighted by molar-refractivity contribution is 5.78. The molecule has 22 heavy (non-hydrogen) atoms. The molecular formula is C18H25NO3. The van der Waals surface area contributed by atoms with Crippen LogP contribution >= 0.6 is 0 Å². The summed E-state index contributed by atoms with van der Waals surface area (Å²) < 4.78 is 11.4. The second-order valence-electron chi connectivity index (χ2n) is 6.44. The molecule has 1 aromatic carbocycles. The Balaban J connectivity index is 1.49. The van der Waals surface area contributed by atoms with Gasteiger partial charge in [-0.05, 0) is 44.7 Å². The van der Waals surface area contributed by atoms with Gasteiger partial charge < -0.3 is 14.8 Å². The minimum atomic E-state index is -0.0329. The quantitative estimate of drug-likeness (QED) is 0.879. The number of nitrogens with one attached hydrogen (secondary N) is 1. The highest BCUT2D eigenvalue weighted by atomic mass is 16.5. The number of hydrogen-bond acceptors (Lipinski definition) is 3. The molecule has 0 aliphatic heterocycles. The Kier molecular flexibility index (Phi) is 4.39. The van der Waals surface area contributed by atoms with E-state index in [1.54, 1.807) is 0 Å². The number of amides is 1. The van der Waals surface area contributed by atoms with Gasteiger partial charge in [-0.15, -0.1) is 0 Å². The van der Waals surface area contributed by atoms with Gasteiger partial charge in [0.2, 0.25) is 0 Å². The van der Waals surface area contributed by atoms with Crippen LogP contribution < -0.4 is 10.1 Å². The van der Waals surface area contributed by atoms with Crippen molar-refractivity contribution in [1.82, 2.24) is 5.32 Å². The zero-order valence-corrected chi connectivity index (χ0v) is 13.4. The second-order valence-corrected chi connectivity index (χ2v) is 6.44. The SMILES string of the molecule is CCO[C@@H]1C[C@@H](NC(=O)COc2ccccc2C)C12CCC2. The van der Waals surface area contributed by atoms with Gasteiger partial charge in [0.1, 0.15) is 5.75 Å². The Morgan fingerprint density at radius 1 is 1.36 bits per heavy atom. The van der Waals surface area contributed by atoms with Gasteiger partial charge in [-0.3, -0.25) is 4.79 Å². The first-order chi connectivity index (χ1) is 10.7. The van der Waals surface area contributed by atoms with Crippen molar-refractivity contribution in [3.05, 3.63) is 29.8 Å². The standard InChI is InChI=1S/C18H25NO3/c1-3-21-16-11-15(18(16)9-6-10-18)19-17(20)12-22-14-8-5-4-7-13(14)2/h4-5,7-8,15-16H,3,6,9-12H2,1-2H3,(H,19,20)/t15-,16-/m1/s1. The Hall–Kier alpha value is -1.55. The fourth-order valence-electron chi connectivity index (χ4n) is 3.74. The zero-order chi connectivity index (χ0) is 15.6. The van der Waals surface area contributed by atoms with Crippen molar-refractivity contribution in [2.24, 2.45) is 5.41 Å². The molecule has 1 aromatic rings. The minimum Gasteiger partial charge on any atom is -0.484 e. The second kappa shape index (κ2) is 6.29. The number of carbonyl (C=O) groups is 1. The molecule has 2 fully saturated rings. The molecule has 2 aliphatic rings. The average Bonchev–Trinajstić information content (AvgIpc) is 2.43. The highest BCUT2D eigenvalue weighted by Crippen LogP contribution is 2.57. The van der Waals surface area contributed by atoms with E-state index in [1.807, 2.05) is 38.1 Å². The molecule has 2 aliphatic carbocycles. The molecule has 4 nitrogen and oxygen atoms in total. The fourth-order valence-corrected chi connectivity index (χ4v) is 3.74. The number of rotatable bonds is 6. The van der Waals surface area contributed by atoms with E-state index in [0.717, 1.165) is 24.3 Å². The van der Waals surface area contributed by atoms with Crippen molar-refractivity contribution in [1.29, 1.82) is 0 Å². The molecule has 2 saturated carbocycles. The van der Waals surface area contributed by atoms with Crippen LogP contribution in [0.1, 0.15) is 38.2 Å². The summed E-state index contributed by atoms with van der Waals surface area (Å²) in [5.74, 6) is 0.742. The predicted octanol–water partition coefficient (Wildman–Crippen LogP) is 2.84. The predicted molar refractivity (Wildman–Crippen MR) is 84.9 cm³/mol. The molecule has 0 bridgehead atoms. The molecule has 1 spiro atoms. The summed E-state index contributed by atoms with van der Waals surface area (Å²) in [6, 6.07) is 8.01. The smallest absolute Gasteiger partial charge is 0.258 e. The van der Waals surface area contributed by atoms with Crippen molar-refractivity contribution < 1.29 is 14.3 Å². The maximum absolute atomic E-state index is 12.1. The van der Waals surface area contributed by atoms with E-state index in [9.17, 15) is 4.79 Å². The number of benzene rings is 1. The molecule has 2 atom stereocenters. The molecule has 0 radical (unpaired) electrons. The maximum atomic E-state index is 12.1. The number of hydrogen-bond donors (Lipinski definition) is 1. The Bertz CT molecular complexity index is 539. The molecule has 0 unspecified atom stereocenters. The third kappa shape index (κ3) is 2.72. The van der Waals surface area contributed by atoms with E-state index in [1.165, 1.54) is 19.3 Å². The molecular weight excluding hydrogens is 278 g/mol. The van der Waals surface area contributed by atoms with Crippen LogP contribution in [-0.4, -0.2) is 31.3 Å². The third-order valence-electron chi connectivity index (χ3n) is 5.22. The van der Waals surface area contributed by atoms with Crippen LogP contribution in [0.3, 0.4) is 0 Å². The molecule has 0 saturated heterocycles. The largest absolute Gasteiger partial charge is 0.484 e. The van der Waals surface area contributed by atoms with Gasteiger partial charge in [0.05, 0.1) is 6.10 Å². The summed E-state index contributed by atoms with van der Waals surface area (Å²) >= 11 is 0. The number of ether oxygens (including phenoxy) is 2. The van der Waals surface area contributed by atoms with Crippen LogP contribution in [0.5, 0.6) is 5.75 Å². The van der Waals surface area contributed by atoms with Gasteiger partial charge in [-0.1, -0.05) is 24.6 Å². The minimum absolute atomic E-state index is 0.0329. The van der Waals surface area contributed by atoms with Crippen molar-refractivity contribution in [3.63, 3.8) is 0 Å².